The summed E-state index contributed by atoms with van der Waals surface area (Å²) < 4.78 is 0. The van der Waals surface area contributed by atoms with Crippen molar-refractivity contribution < 1.29 is 0 Å². The summed E-state index contributed by atoms with van der Waals surface area (Å²) >= 11 is 1.92. The van der Waals surface area contributed by atoms with Crippen molar-refractivity contribution in [2.24, 2.45) is 5.73 Å². The summed E-state index contributed by atoms with van der Waals surface area (Å²) in [6.45, 7) is 2.07. The molecule has 2 aromatic rings. The van der Waals surface area contributed by atoms with Crippen molar-refractivity contribution >= 4 is 22.5 Å². The van der Waals surface area contributed by atoms with Gasteiger partial charge in [-0.1, -0.05) is 30.3 Å². The lowest BCUT2D eigenvalue weighted by Crippen LogP contribution is -2.14. The Labute approximate surface area is 107 Å². The number of benzene rings is 2. The van der Waals surface area contributed by atoms with Gasteiger partial charge in [0.25, 0.3) is 0 Å². The predicted molar refractivity (Wildman–Crippen MR) is 77.6 cm³/mol. The third-order valence-corrected chi connectivity index (χ3v) is 3.87. The molecule has 1 unspecified atom stereocenters. The fourth-order valence-corrected chi connectivity index (χ4v) is 2.77. The number of hydrogen-bond acceptors (Lipinski definition) is 2. The highest BCUT2D eigenvalue weighted by molar-refractivity contribution is 7.99. The molecule has 17 heavy (non-hydrogen) atoms. The van der Waals surface area contributed by atoms with Gasteiger partial charge in [-0.3, -0.25) is 0 Å². The molecule has 0 amide bonds. The number of nitrogens with two attached hydrogens (primary N) is 1. The van der Waals surface area contributed by atoms with E-state index in [0.29, 0.717) is 6.04 Å². The van der Waals surface area contributed by atoms with Crippen LogP contribution in [0.15, 0.2) is 47.4 Å². The van der Waals surface area contributed by atoms with Crippen molar-refractivity contribution in [2.45, 2.75) is 30.7 Å². The van der Waals surface area contributed by atoms with Crippen LogP contribution in [0.5, 0.6) is 0 Å². The molecule has 0 aliphatic carbocycles. The van der Waals surface area contributed by atoms with Crippen molar-refractivity contribution in [1.29, 1.82) is 0 Å². The zero-order valence-corrected chi connectivity index (χ0v) is 11.0. The summed E-state index contributed by atoms with van der Waals surface area (Å²) in [6.07, 6.45) is 2.30. The number of rotatable bonds is 5. The van der Waals surface area contributed by atoms with Crippen LogP contribution in [-0.4, -0.2) is 11.8 Å². The van der Waals surface area contributed by atoms with E-state index in [0.717, 1.165) is 12.2 Å². The maximum Gasteiger partial charge on any atom is 0.00783 e. The average molecular weight is 245 g/mol. The third-order valence-electron chi connectivity index (χ3n) is 2.79. The second-order valence-electron chi connectivity index (χ2n) is 4.48. The molecule has 1 atom stereocenters. The fraction of sp³-hybridized carbons (Fsp3) is 0.333. The Kier molecular flexibility index (Phi) is 4.46. The van der Waals surface area contributed by atoms with Gasteiger partial charge in [-0.25, -0.2) is 0 Å². The summed E-state index contributed by atoms with van der Waals surface area (Å²) in [5.41, 5.74) is 5.74. The highest BCUT2D eigenvalue weighted by Gasteiger charge is 1.98. The van der Waals surface area contributed by atoms with Gasteiger partial charge in [0.05, 0.1) is 0 Å². The molecule has 0 heterocycles. The van der Waals surface area contributed by atoms with Gasteiger partial charge in [0.15, 0.2) is 0 Å². The molecular weight excluding hydrogens is 226 g/mol. The summed E-state index contributed by atoms with van der Waals surface area (Å²) in [4.78, 5) is 1.35. The smallest absolute Gasteiger partial charge is 0.00783 e. The lowest BCUT2D eigenvalue weighted by atomic mass is 10.1. The summed E-state index contributed by atoms with van der Waals surface area (Å²) in [5, 5.41) is 2.64. The molecule has 0 saturated heterocycles. The summed E-state index contributed by atoms with van der Waals surface area (Å²) in [7, 11) is 0. The second-order valence-corrected chi connectivity index (χ2v) is 5.65. The fourth-order valence-electron chi connectivity index (χ4n) is 1.85. The van der Waals surface area contributed by atoms with Gasteiger partial charge < -0.3 is 5.73 Å². The van der Waals surface area contributed by atoms with Crippen molar-refractivity contribution in [3.05, 3.63) is 42.5 Å². The molecular formula is C15H19NS. The van der Waals surface area contributed by atoms with Crippen LogP contribution in [0.2, 0.25) is 0 Å². The van der Waals surface area contributed by atoms with Crippen LogP contribution < -0.4 is 5.73 Å². The first kappa shape index (κ1) is 12.5. The maximum absolute atomic E-state index is 5.74. The van der Waals surface area contributed by atoms with Crippen molar-refractivity contribution in [3.8, 4) is 0 Å². The molecule has 0 aromatic heterocycles. The van der Waals surface area contributed by atoms with Crippen LogP contribution in [-0.2, 0) is 0 Å². The van der Waals surface area contributed by atoms with E-state index in [2.05, 4.69) is 49.4 Å². The zero-order chi connectivity index (χ0) is 12.1. The first-order valence-electron chi connectivity index (χ1n) is 6.13. The molecule has 1 nitrogen and oxygen atoms in total. The SMILES string of the molecule is CC(N)CCCSc1ccc2ccccc2c1. The molecule has 90 valence electrons. The van der Waals surface area contributed by atoms with E-state index >= 15 is 0 Å². The summed E-state index contributed by atoms with van der Waals surface area (Å²) in [6, 6.07) is 15.5. The molecule has 0 bridgehead atoms. The molecule has 2 N–H and O–H groups in total. The van der Waals surface area contributed by atoms with Crippen LogP contribution in [0.1, 0.15) is 19.8 Å². The maximum atomic E-state index is 5.74. The van der Waals surface area contributed by atoms with Gasteiger partial charge in [0.1, 0.15) is 0 Å². The van der Waals surface area contributed by atoms with E-state index in [1.807, 2.05) is 11.8 Å². The largest absolute Gasteiger partial charge is 0.328 e. The molecule has 0 spiro atoms. The Morgan fingerprint density at radius 2 is 1.88 bits per heavy atom. The Balaban J connectivity index is 1.95. The Hall–Kier alpha value is -0.990. The van der Waals surface area contributed by atoms with Crippen LogP contribution in [0.4, 0.5) is 0 Å². The van der Waals surface area contributed by atoms with Crippen LogP contribution in [0.25, 0.3) is 10.8 Å². The van der Waals surface area contributed by atoms with Crippen molar-refractivity contribution in [2.75, 3.05) is 5.75 Å². The van der Waals surface area contributed by atoms with Crippen LogP contribution in [0, 0.1) is 0 Å². The van der Waals surface area contributed by atoms with E-state index in [-0.39, 0.29) is 0 Å². The first-order chi connectivity index (χ1) is 8.25. The first-order valence-corrected chi connectivity index (χ1v) is 7.11. The molecule has 2 heteroatoms. The number of thioether (sulfide) groups is 1. The Morgan fingerprint density at radius 3 is 2.65 bits per heavy atom. The minimum Gasteiger partial charge on any atom is -0.328 e. The topological polar surface area (TPSA) is 26.0 Å². The van der Waals surface area contributed by atoms with Gasteiger partial charge in [-0.15, -0.1) is 11.8 Å². The predicted octanol–water partition coefficient (Wildman–Crippen LogP) is 4.06. The quantitative estimate of drug-likeness (QED) is 0.635. The highest BCUT2D eigenvalue weighted by atomic mass is 32.2. The van der Waals surface area contributed by atoms with Gasteiger partial charge in [-0.2, -0.15) is 0 Å². The average Bonchev–Trinajstić information content (AvgIpc) is 2.34. The monoisotopic (exact) mass is 245 g/mol. The molecule has 0 aliphatic rings. The normalized spacial score (nSPS) is 12.8. The van der Waals surface area contributed by atoms with E-state index in [1.165, 1.54) is 22.1 Å². The van der Waals surface area contributed by atoms with E-state index in [4.69, 9.17) is 5.73 Å². The lowest BCUT2D eigenvalue weighted by molar-refractivity contribution is 0.656. The van der Waals surface area contributed by atoms with Gasteiger partial charge in [0.2, 0.25) is 0 Å². The molecule has 0 fully saturated rings. The Bertz CT molecular complexity index is 479. The number of hydrogen-bond donors (Lipinski definition) is 1. The standard InChI is InChI=1S/C15H19NS/c1-12(16)5-4-10-17-15-9-8-13-6-2-3-7-14(13)11-15/h2-3,6-9,11-12H,4-5,10,16H2,1H3. The van der Waals surface area contributed by atoms with E-state index in [9.17, 15) is 0 Å². The molecule has 2 aromatic carbocycles. The van der Waals surface area contributed by atoms with Gasteiger partial charge >= 0.3 is 0 Å². The molecule has 2 rings (SSSR count). The minimum absolute atomic E-state index is 0.326. The second kappa shape index (κ2) is 6.08. The van der Waals surface area contributed by atoms with Crippen LogP contribution in [0.3, 0.4) is 0 Å². The van der Waals surface area contributed by atoms with E-state index < -0.39 is 0 Å². The van der Waals surface area contributed by atoms with Gasteiger partial charge in [-0.05, 0) is 48.4 Å². The number of fused-ring (bicyclic) bond motifs is 1. The lowest BCUT2D eigenvalue weighted by Gasteiger charge is -2.05. The third kappa shape index (κ3) is 3.76. The molecule has 0 saturated carbocycles. The highest BCUT2D eigenvalue weighted by Crippen LogP contribution is 2.24. The van der Waals surface area contributed by atoms with Crippen molar-refractivity contribution in [3.63, 3.8) is 0 Å². The zero-order valence-electron chi connectivity index (χ0n) is 10.2. The molecule has 0 radical (unpaired) electrons. The van der Waals surface area contributed by atoms with Crippen LogP contribution >= 0.6 is 11.8 Å². The van der Waals surface area contributed by atoms with Crippen molar-refractivity contribution in [1.82, 2.24) is 0 Å². The van der Waals surface area contributed by atoms with Gasteiger partial charge in [0, 0.05) is 10.9 Å². The summed E-state index contributed by atoms with van der Waals surface area (Å²) in [5.74, 6) is 1.15. The van der Waals surface area contributed by atoms with E-state index in [1.54, 1.807) is 0 Å². The minimum atomic E-state index is 0.326. The Morgan fingerprint density at radius 1 is 1.12 bits per heavy atom. The molecule has 0 aliphatic heterocycles.